The molecule has 1 aliphatic rings. The molecule has 0 radical (unpaired) electrons. The minimum atomic E-state index is -0.917. The van der Waals surface area contributed by atoms with Gasteiger partial charge in [-0.1, -0.05) is 29.8 Å². The lowest BCUT2D eigenvalue weighted by Gasteiger charge is -2.15. The monoisotopic (exact) mass is 292 g/mol. The third kappa shape index (κ3) is 2.49. The van der Waals surface area contributed by atoms with E-state index >= 15 is 0 Å². The van der Waals surface area contributed by atoms with Crippen molar-refractivity contribution in [1.82, 2.24) is 9.88 Å². The van der Waals surface area contributed by atoms with E-state index in [0.717, 1.165) is 10.8 Å². The Kier molecular flexibility index (Phi) is 3.36. The maximum atomic E-state index is 10.9. The number of hydrogen-bond donors (Lipinski definition) is 1. The highest BCUT2D eigenvalue weighted by Crippen LogP contribution is 2.28. The maximum Gasteiger partial charge on any atom is 0.407 e. The standard InChI is InChI=1S/C14H13ClN2O3/c15-12-7-9-3-1-2-4-11(9)13(16-12)20-10-5-6-17(8-10)14(18)19/h1-4,7,10H,5-6,8H2,(H,18,19). The number of likely N-dealkylation sites (tertiary alicyclic amines) is 1. The molecule has 0 aliphatic carbocycles. The molecule has 1 aromatic carbocycles. The van der Waals surface area contributed by atoms with E-state index in [1.54, 1.807) is 6.07 Å². The molecule has 1 aliphatic heterocycles. The smallest absolute Gasteiger partial charge is 0.407 e. The van der Waals surface area contributed by atoms with Crippen LogP contribution in [-0.4, -0.2) is 40.3 Å². The van der Waals surface area contributed by atoms with Crippen molar-refractivity contribution in [3.8, 4) is 5.88 Å². The van der Waals surface area contributed by atoms with E-state index in [0.29, 0.717) is 30.5 Å². The fraction of sp³-hybridized carbons (Fsp3) is 0.286. The Morgan fingerprint density at radius 1 is 1.45 bits per heavy atom. The number of carbonyl (C=O) groups is 1. The average Bonchev–Trinajstić information content (AvgIpc) is 2.87. The van der Waals surface area contributed by atoms with Gasteiger partial charge in [0.25, 0.3) is 0 Å². The summed E-state index contributed by atoms with van der Waals surface area (Å²) in [6, 6.07) is 9.46. The van der Waals surface area contributed by atoms with Crippen molar-refractivity contribution in [3.63, 3.8) is 0 Å². The number of amides is 1. The number of benzene rings is 1. The van der Waals surface area contributed by atoms with Crippen LogP contribution >= 0.6 is 11.6 Å². The second-order valence-corrected chi connectivity index (χ2v) is 5.12. The largest absolute Gasteiger partial charge is 0.472 e. The zero-order chi connectivity index (χ0) is 14.1. The molecule has 5 nitrogen and oxygen atoms in total. The summed E-state index contributed by atoms with van der Waals surface area (Å²) in [7, 11) is 0. The summed E-state index contributed by atoms with van der Waals surface area (Å²) < 4.78 is 5.85. The lowest BCUT2D eigenvalue weighted by molar-refractivity contribution is 0.145. The number of halogens is 1. The number of fused-ring (bicyclic) bond motifs is 1. The SMILES string of the molecule is O=C(O)N1CCC(Oc2nc(Cl)cc3ccccc23)C1. The van der Waals surface area contributed by atoms with Crippen LogP contribution in [0.4, 0.5) is 4.79 Å². The predicted octanol–water partition coefficient (Wildman–Crippen LogP) is 3.02. The molecule has 1 amide bonds. The van der Waals surface area contributed by atoms with Gasteiger partial charge in [-0.3, -0.25) is 0 Å². The van der Waals surface area contributed by atoms with Crippen molar-refractivity contribution in [2.75, 3.05) is 13.1 Å². The number of carboxylic acid groups (broad SMARTS) is 1. The molecule has 104 valence electrons. The second-order valence-electron chi connectivity index (χ2n) is 4.73. The number of ether oxygens (including phenoxy) is 1. The third-order valence-electron chi connectivity index (χ3n) is 3.37. The third-order valence-corrected chi connectivity index (χ3v) is 3.56. The number of rotatable bonds is 2. The zero-order valence-corrected chi connectivity index (χ0v) is 11.4. The van der Waals surface area contributed by atoms with Crippen molar-refractivity contribution in [3.05, 3.63) is 35.5 Å². The Hall–Kier alpha value is -2.01. The van der Waals surface area contributed by atoms with Crippen molar-refractivity contribution in [2.45, 2.75) is 12.5 Å². The van der Waals surface area contributed by atoms with Crippen LogP contribution in [-0.2, 0) is 0 Å². The first-order valence-corrected chi connectivity index (χ1v) is 6.71. The summed E-state index contributed by atoms with van der Waals surface area (Å²) in [4.78, 5) is 16.5. The molecule has 0 bridgehead atoms. The molecule has 3 rings (SSSR count). The van der Waals surface area contributed by atoms with E-state index in [-0.39, 0.29) is 6.10 Å². The highest BCUT2D eigenvalue weighted by molar-refractivity contribution is 6.30. The summed E-state index contributed by atoms with van der Waals surface area (Å²) in [5, 5.41) is 11.1. The highest BCUT2D eigenvalue weighted by atomic mass is 35.5. The molecule has 2 aromatic rings. The molecule has 6 heteroatoms. The van der Waals surface area contributed by atoms with Gasteiger partial charge in [0.15, 0.2) is 0 Å². The Morgan fingerprint density at radius 2 is 2.25 bits per heavy atom. The van der Waals surface area contributed by atoms with Crippen LogP contribution < -0.4 is 4.74 Å². The van der Waals surface area contributed by atoms with Gasteiger partial charge in [-0.25, -0.2) is 9.78 Å². The van der Waals surface area contributed by atoms with Crippen LogP contribution in [0.15, 0.2) is 30.3 Å². The van der Waals surface area contributed by atoms with Crippen molar-refractivity contribution in [2.24, 2.45) is 0 Å². The van der Waals surface area contributed by atoms with Gasteiger partial charge in [0.05, 0.1) is 6.54 Å². The molecular weight excluding hydrogens is 280 g/mol. The number of pyridine rings is 1. The normalized spacial score (nSPS) is 18.4. The Bertz CT molecular complexity index is 662. The van der Waals surface area contributed by atoms with E-state index < -0.39 is 6.09 Å². The highest BCUT2D eigenvalue weighted by Gasteiger charge is 2.28. The van der Waals surface area contributed by atoms with Gasteiger partial charge < -0.3 is 14.7 Å². The van der Waals surface area contributed by atoms with E-state index in [9.17, 15) is 4.79 Å². The van der Waals surface area contributed by atoms with E-state index in [2.05, 4.69) is 4.98 Å². The van der Waals surface area contributed by atoms with Crippen molar-refractivity contribution < 1.29 is 14.6 Å². The topological polar surface area (TPSA) is 62.7 Å². The molecule has 2 heterocycles. The maximum absolute atomic E-state index is 10.9. The molecule has 0 saturated carbocycles. The Labute approximate surface area is 120 Å². The molecule has 1 fully saturated rings. The van der Waals surface area contributed by atoms with Crippen molar-refractivity contribution >= 4 is 28.5 Å². The first-order valence-electron chi connectivity index (χ1n) is 6.33. The minimum absolute atomic E-state index is 0.180. The van der Waals surface area contributed by atoms with Crippen LogP contribution in [0.25, 0.3) is 10.8 Å². The second kappa shape index (κ2) is 5.17. The van der Waals surface area contributed by atoms with Gasteiger partial charge >= 0.3 is 6.09 Å². The van der Waals surface area contributed by atoms with Crippen LogP contribution in [0, 0.1) is 0 Å². The summed E-state index contributed by atoms with van der Waals surface area (Å²) >= 11 is 5.99. The van der Waals surface area contributed by atoms with Gasteiger partial charge in [0, 0.05) is 18.4 Å². The van der Waals surface area contributed by atoms with E-state index in [1.165, 1.54) is 4.90 Å². The van der Waals surface area contributed by atoms with E-state index in [1.807, 2.05) is 24.3 Å². The van der Waals surface area contributed by atoms with Crippen LogP contribution in [0.3, 0.4) is 0 Å². The summed E-state index contributed by atoms with van der Waals surface area (Å²) in [6.45, 7) is 0.844. The first kappa shape index (κ1) is 13.0. The molecular formula is C14H13ClN2O3. The van der Waals surface area contributed by atoms with Gasteiger partial charge in [0.1, 0.15) is 11.3 Å². The Balaban J connectivity index is 1.86. The quantitative estimate of drug-likeness (QED) is 0.864. The van der Waals surface area contributed by atoms with Gasteiger partial charge in [-0.2, -0.15) is 0 Å². The lowest BCUT2D eigenvalue weighted by atomic mass is 10.2. The molecule has 1 unspecified atom stereocenters. The molecule has 0 spiro atoms. The van der Waals surface area contributed by atoms with Crippen LogP contribution in [0.1, 0.15) is 6.42 Å². The fourth-order valence-electron chi connectivity index (χ4n) is 2.38. The number of nitrogens with zero attached hydrogens (tertiary/aromatic N) is 2. The average molecular weight is 293 g/mol. The number of hydrogen-bond acceptors (Lipinski definition) is 3. The van der Waals surface area contributed by atoms with Gasteiger partial charge in [-0.15, -0.1) is 0 Å². The number of aromatic nitrogens is 1. The molecule has 20 heavy (non-hydrogen) atoms. The predicted molar refractivity (Wildman–Crippen MR) is 75.4 cm³/mol. The molecule has 1 N–H and O–H groups in total. The lowest BCUT2D eigenvalue weighted by Crippen LogP contribution is -2.29. The summed E-state index contributed by atoms with van der Waals surface area (Å²) in [5.74, 6) is 0.463. The first-order chi connectivity index (χ1) is 9.63. The summed E-state index contributed by atoms with van der Waals surface area (Å²) in [5.41, 5.74) is 0. The van der Waals surface area contributed by atoms with Crippen molar-refractivity contribution in [1.29, 1.82) is 0 Å². The molecule has 1 saturated heterocycles. The van der Waals surface area contributed by atoms with Crippen LogP contribution in [0.2, 0.25) is 5.15 Å². The minimum Gasteiger partial charge on any atom is -0.472 e. The zero-order valence-electron chi connectivity index (χ0n) is 10.6. The van der Waals surface area contributed by atoms with E-state index in [4.69, 9.17) is 21.4 Å². The molecule has 1 aromatic heterocycles. The van der Waals surface area contributed by atoms with Crippen LogP contribution in [0.5, 0.6) is 5.88 Å². The van der Waals surface area contributed by atoms with Gasteiger partial charge in [0.2, 0.25) is 5.88 Å². The molecule has 1 atom stereocenters. The fourth-order valence-corrected chi connectivity index (χ4v) is 2.58. The Morgan fingerprint density at radius 3 is 3.00 bits per heavy atom. The summed E-state index contributed by atoms with van der Waals surface area (Å²) in [6.07, 6.45) is -0.435. The van der Waals surface area contributed by atoms with Gasteiger partial charge in [-0.05, 0) is 17.5 Å².